The van der Waals surface area contributed by atoms with E-state index in [-0.39, 0.29) is 11.9 Å². The number of fused-ring (bicyclic) bond motifs is 2. The van der Waals surface area contributed by atoms with Crippen molar-refractivity contribution in [1.82, 2.24) is 0 Å². The number of aliphatic hydroxyl groups excluding tert-OH is 1. The SMILES string of the molecule is CC1=C2CC3(C)C(C)C=CC(O)C3(O)C=C2OC1=O. The lowest BCUT2D eigenvalue weighted by atomic mass is 9.55. The molecule has 0 aromatic carbocycles. The third-order valence-electron chi connectivity index (χ3n) is 5.11. The molecule has 3 aliphatic rings. The lowest BCUT2D eigenvalue weighted by molar-refractivity contribution is -0.137. The second-order valence-corrected chi connectivity index (χ2v) is 6.04. The topological polar surface area (TPSA) is 66.8 Å². The fourth-order valence-corrected chi connectivity index (χ4v) is 3.34. The van der Waals surface area contributed by atoms with Gasteiger partial charge in [-0.15, -0.1) is 0 Å². The highest BCUT2D eigenvalue weighted by molar-refractivity contribution is 5.94. The third-order valence-corrected chi connectivity index (χ3v) is 5.11. The Balaban J connectivity index is 2.21. The highest BCUT2D eigenvalue weighted by Crippen LogP contribution is 2.55. The number of carbonyl (C=O) groups excluding carboxylic acids is 1. The molecule has 0 radical (unpaired) electrons. The molecule has 4 heteroatoms. The normalized spacial score (nSPS) is 44.7. The van der Waals surface area contributed by atoms with Gasteiger partial charge in [0, 0.05) is 16.6 Å². The summed E-state index contributed by atoms with van der Waals surface area (Å²) in [6.45, 7) is 5.70. The molecular formula is C15H18O4. The fraction of sp³-hybridized carbons (Fsp3) is 0.533. The van der Waals surface area contributed by atoms with E-state index in [0.717, 1.165) is 5.57 Å². The van der Waals surface area contributed by atoms with Crippen molar-refractivity contribution in [3.63, 3.8) is 0 Å². The van der Waals surface area contributed by atoms with E-state index in [4.69, 9.17) is 4.74 Å². The van der Waals surface area contributed by atoms with E-state index in [1.165, 1.54) is 6.08 Å². The molecule has 4 unspecified atom stereocenters. The maximum Gasteiger partial charge on any atom is 0.339 e. The molecule has 102 valence electrons. The fourth-order valence-electron chi connectivity index (χ4n) is 3.34. The van der Waals surface area contributed by atoms with Crippen molar-refractivity contribution in [2.45, 2.75) is 38.9 Å². The lowest BCUT2D eigenvalue weighted by Gasteiger charge is -2.53. The molecule has 0 fully saturated rings. The van der Waals surface area contributed by atoms with E-state index < -0.39 is 17.1 Å². The molecule has 2 N–H and O–H groups in total. The van der Waals surface area contributed by atoms with Crippen molar-refractivity contribution >= 4 is 5.97 Å². The quantitative estimate of drug-likeness (QED) is 0.512. The van der Waals surface area contributed by atoms with Gasteiger partial charge in [-0.25, -0.2) is 4.79 Å². The summed E-state index contributed by atoms with van der Waals surface area (Å²) in [5, 5.41) is 21.1. The monoisotopic (exact) mass is 262 g/mol. The number of ether oxygens (including phenoxy) is 1. The second kappa shape index (κ2) is 3.58. The van der Waals surface area contributed by atoms with Crippen molar-refractivity contribution in [3.05, 3.63) is 35.1 Å². The van der Waals surface area contributed by atoms with Crippen molar-refractivity contribution in [3.8, 4) is 0 Å². The van der Waals surface area contributed by atoms with Gasteiger partial charge in [-0.05, 0) is 25.3 Å². The Kier molecular flexibility index (Phi) is 2.38. The molecule has 0 aromatic heterocycles. The number of allylic oxidation sites excluding steroid dienone is 2. The number of hydrogen-bond donors (Lipinski definition) is 2. The number of rotatable bonds is 0. The molecular weight excluding hydrogens is 244 g/mol. The van der Waals surface area contributed by atoms with E-state index in [9.17, 15) is 15.0 Å². The number of esters is 1. The predicted octanol–water partition coefficient (Wildman–Crippen LogP) is 1.45. The number of hydrogen-bond acceptors (Lipinski definition) is 4. The molecule has 1 heterocycles. The van der Waals surface area contributed by atoms with Crippen LogP contribution in [0, 0.1) is 11.3 Å². The van der Waals surface area contributed by atoms with Gasteiger partial charge in [0.1, 0.15) is 17.5 Å². The highest BCUT2D eigenvalue weighted by Gasteiger charge is 2.58. The van der Waals surface area contributed by atoms with Crippen LogP contribution in [0.3, 0.4) is 0 Å². The molecule has 19 heavy (non-hydrogen) atoms. The van der Waals surface area contributed by atoms with Crippen LogP contribution in [0.25, 0.3) is 0 Å². The van der Waals surface area contributed by atoms with Crippen LogP contribution in [0.15, 0.2) is 35.1 Å². The van der Waals surface area contributed by atoms with E-state index >= 15 is 0 Å². The Morgan fingerprint density at radius 1 is 1.42 bits per heavy atom. The summed E-state index contributed by atoms with van der Waals surface area (Å²) >= 11 is 0. The van der Waals surface area contributed by atoms with Crippen LogP contribution in [-0.2, 0) is 9.53 Å². The van der Waals surface area contributed by atoms with Crippen molar-refractivity contribution in [2.24, 2.45) is 11.3 Å². The molecule has 0 amide bonds. The molecule has 2 aliphatic carbocycles. The van der Waals surface area contributed by atoms with E-state index in [2.05, 4.69) is 0 Å². The van der Waals surface area contributed by atoms with E-state index in [0.29, 0.717) is 17.8 Å². The van der Waals surface area contributed by atoms with Gasteiger partial charge < -0.3 is 14.9 Å². The molecule has 4 nitrogen and oxygen atoms in total. The molecule has 3 rings (SSSR count). The first-order valence-corrected chi connectivity index (χ1v) is 6.53. The Labute approximate surface area is 112 Å². The Morgan fingerprint density at radius 2 is 2.11 bits per heavy atom. The third kappa shape index (κ3) is 1.38. The van der Waals surface area contributed by atoms with Crippen molar-refractivity contribution < 1.29 is 19.7 Å². The zero-order valence-corrected chi connectivity index (χ0v) is 11.3. The molecule has 0 aromatic rings. The van der Waals surface area contributed by atoms with Crippen LogP contribution in [0.5, 0.6) is 0 Å². The standard InChI is InChI=1S/C15H18O4/c1-8-4-5-12(16)15(18)7-11-10(6-14(8,15)3)9(2)13(17)19-11/h4-5,7-8,12,16,18H,6H2,1-3H3. The van der Waals surface area contributed by atoms with Gasteiger partial charge in [0.15, 0.2) is 0 Å². The minimum absolute atomic E-state index is 0.0923. The van der Waals surface area contributed by atoms with E-state index in [1.807, 2.05) is 19.9 Å². The predicted molar refractivity (Wildman–Crippen MR) is 68.9 cm³/mol. The van der Waals surface area contributed by atoms with E-state index in [1.54, 1.807) is 13.0 Å². The largest absolute Gasteiger partial charge is 0.423 e. The van der Waals surface area contributed by atoms with Gasteiger partial charge in [0.2, 0.25) is 0 Å². The minimum atomic E-state index is -1.40. The summed E-state index contributed by atoms with van der Waals surface area (Å²) in [6, 6.07) is 0. The van der Waals surface area contributed by atoms with Crippen LogP contribution in [0.1, 0.15) is 27.2 Å². The van der Waals surface area contributed by atoms with Gasteiger partial charge in [0.25, 0.3) is 0 Å². The smallest absolute Gasteiger partial charge is 0.339 e. The maximum absolute atomic E-state index is 11.6. The summed E-state index contributed by atoms with van der Waals surface area (Å²) in [7, 11) is 0. The van der Waals surface area contributed by atoms with Crippen LogP contribution in [0.2, 0.25) is 0 Å². The average molecular weight is 262 g/mol. The minimum Gasteiger partial charge on any atom is -0.423 e. The zero-order valence-electron chi connectivity index (χ0n) is 11.3. The maximum atomic E-state index is 11.6. The Hall–Kier alpha value is -1.39. The van der Waals surface area contributed by atoms with Gasteiger partial charge in [-0.1, -0.05) is 26.0 Å². The van der Waals surface area contributed by atoms with Crippen molar-refractivity contribution in [2.75, 3.05) is 0 Å². The Morgan fingerprint density at radius 3 is 2.79 bits per heavy atom. The molecule has 0 spiro atoms. The van der Waals surface area contributed by atoms with Gasteiger partial charge >= 0.3 is 5.97 Å². The zero-order chi connectivity index (χ0) is 14.0. The summed E-state index contributed by atoms with van der Waals surface area (Å²) in [5.74, 6) is 0.140. The van der Waals surface area contributed by atoms with Crippen LogP contribution in [-0.4, -0.2) is 27.9 Å². The van der Waals surface area contributed by atoms with Gasteiger partial charge in [0.05, 0.1) is 0 Å². The molecule has 0 bridgehead atoms. The first kappa shape index (κ1) is 12.6. The Bertz CT molecular complexity index is 556. The number of carbonyl (C=O) groups is 1. The lowest BCUT2D eigenvalue weighted by Crippen LogP contribution is -2.59. The molecule has 0 saturated heterocycles. The second-order valence-electron chi connectivity index (χ2n) is 6.04. The summed E-state index contributed by atoms with van der Waals surface area (Å²) < 4.78 is 5.17. The molecule has 0 saturated carbocycles. The van der Waals surface area contributed by atoms with Crippen LogP contribution < -0.4 is 0 Å². The first-order chi connectivity index (χ1) is 8.79. The van der Waals surface area contributed by atoms with Crippen molar-refractivity contribution in [1.29, 1.82) is 0 Å². The number of aliphatic hydroxyl groups is 2. The summed E-state index contributed by atoms with van der Waals surface area (Å²) in [4.78, 5) is 11.6. The summed E-state index contributed by atoms with van der Waals surface area (Å²) in [5.41, 5.74) is -0.488. The molecule has 1 aliphatic heterocycles. The first-order valence-electron chi connectivity index (χ1n) is 6.53. The summed E-state index contributed by atoms with van der Waals surface area (Å²) in [6.07, 6.45) is 4.59. The average Bonchev–Trinajstić information content (AvgIpc) is 2.61. The van der Waals surface area contributed by atoms with Crippen LogP contribution in [0.4, 0.5) is 0 Å². The van der Waals surface area contributed by atoms with Gasteiger partial charge in [-0.3, -0.25) is 0 Å². The molecule has 4 atom stereocenters. The van der Waals surface area contributed by atoms with Gasteiger partial charge in [-0.2, -0.15) is 0 Å². The van der Waals surface area contributed by atoms with Crippen LogP contribution >= 0.6 is 0 Å². The highest BCUT2D eigenvalue weighted by atomic mass is 16.5.